The van der Waals surface area contributed by atoms with Gasteiger partial charge < -0.3 is 10.6 Å². The highest BCUT2D eigenvalue weighted by Crippen LogP contribution is 2.22. The second-order valence-electron chi connectivity index (χ2n) is 6.17. The van der Waals surface area contributed by atoms with Crippen LogP contribution in [0.1, 0.15) is 60.3 Å². The van der Waals surface area contributed by atoms with Crippen LogP contribution in [0.25, 0.3) is 0 Å². The van der Waals surface area contributed by atoms with Gasteiger partial charge in [-0.3, -0.25) is 9.69 Å². The lowest BCUT2D eigenvalue weighted by Crippen LogP contribution is -2.43. The monoisotopic (exact) mass is 313 g/mol. The van der Waals surface area contributed by atoms with Gasteiger partial charge in [0.25, 0.3) is 0 Å². The van der Waals surface area contributed by atoms with Gasteiger partial charge in [-0.25, -0.2) is 0 Å². The molecule has 0 aromatic rings. The number of carbonyl (C=O) groups is 1. The maximum Gasteiger partial charge on any atom is 0.231 e. The van der Waals surface area contributed by atoms with Crippen LogP contribution in [-0.4, -0.2) is 55.0 Å². The van der Waals surface area contributed by atoms with Gasteiger partial charge >= 0.3 is 0 Å². The first kappa shape index (κ1) is 21.4. The third-order valence-electron chi connectivity index (χ3n) is 4.48. The Balaban J connectivity index is 0.00000102. The van der Waals surface area contributed by atoms with E-state index in [0.29, 0.717) is 6.54 Å². The molecule has 0 aromatic carbocycles. The van der Waals surface area contributed by atoms with Crippen LogP contribution in [0, 0.1) is 11.8 Å². The largest absolute Gasteiger partial charge is 0.369 e. The first-order valence-electron chi connectivity index (χ1n) is 9.36. The first-order valence-corrected chi connectivity index (χ1v) is 9.36. The van der Waals surface area contributed by atoms with Crippen molar-refractivity contribution in [2.45, 2.75) is 60.3 Å². The molecule has 4 nitrogen and oxygen atoms in total. The predicted molar refractivity (Wildman–Crippen MR) is 95.9 cm³/mol. The van der Waals surface area contributed by atoms with Crippen molar-refractivity contribution in [3.63, 3.8) is 0 Å². The number of amides is 1. The van der Waals surface area contributed by atoms with Crippen molar-refractivity contribution in [2.24, 2.45) is 17.6 Å². The van der Waals surface area contributed by atoms with Gasteiger partial charge in [-0.15, -0.1) is 0 Å². The van der Waals surface area contributed by atoms with Gasteiger partial charge in [0.2, 0.25) is 5.91 Å². The maximum atomic E-state index is 10.9. The van der Waals surface area contributed by atoms with E-state index in [1.54, 1.807) is 0 Å². The Bertz CT molecular complexity index is 268. The maximum absolute atomic E-state index is 10.9. The lowest BCUT2D eigenvalue weighted by Gasteiger charge is -2.36. The number of piperidine rings is 2. The van der Waals surface area contributed by atoms with E-state index in [1.165, 1.54) is 45.3 Å². The van der Waals surface area contributed by atoms with Crippen LogP contribution in [0.2, 0.25) is 0 Å². The number of hydrogen-bond acceptors (Lipinski definition) is 3. The van der Waals surface area contributed by atoms with Gasteiger partial charge in [-0.05, 0) is 63.7 Å². The zero-order valence-electron chi connectivity index (χ0n) is 15.6. The second-order valence-corrected chi connectivity index (χ2v) is 6.17. The highest BCUT2D eigenvalue weighted by molar-refractivity contribution is 5.75. The SMILES string of the molecule is CC.CC.CC1CCN(CC2CCN(CC(N)=O)CC2)CC1. The van der Waals surface area contributed by atoms with Crippen LogP contribution in [0.4, 0.5) is 0 Å². The Morgan fingerprint density at radius 1 is 0.909 bits per heavy atom. The minimum absolute atomic E-state index is 0.196. The van der Waals surface area contributed by atoms with Crippen molar-refractivity contribution < 1.29 is 4.79 Å². The lowest BCUT2D eigenvalue weighted by atomic mass is 9.93. The molecular formula is C18H39N3O. The highest BCUT2D eigenvalue weighted by Gasteiger charge is 2.23. The molecule has 0 unspecified atom stereocenters. The van der Waals surface area contributed by atoms with E-state index in [0.717, 1.165) is 24.9 Å². The molecule has 2 heterocycles. The summed E-state index contributed by atoms with van der Waals surface area (Å²) in [5.41, 5.74) is 5.23. The second kappa shape index (κ2) is 12.9. The molecule has 2 N–H and O–H groups in total. The Morgan fingerprint density at radius 3 is 1.82 bits per heavy atom. The van der Waals surface area contributed by atoms with Crippen molar-refractivity contribution in [2.75, 3.05) is 39.3 Å². The molecule has 0 radical (unpaired) electrons. The van der Waals surface area contributed by atoms with Crippen LogP contribution in [-0.2, 0) is 4.79 Å². The number of carbonyl (C=O) groups excluding carboxylic acids is 1. The Hall–Kier alpha value is -0.610. The van der Waals surface area contributed by atoms with Crippen LogP contribution in [0.5, 0.6) is 0 Å². The van der Waals surface area contributed by atoms with Crippen molar-refractivity contribution >= 4 is 5.91 Å². The topological polar surface area (TPSA) is 49.6 Å². The summed E-state index contributed by atoms with van der Waals surface area (Å²) in [6.07, 6.45) is 5.17. The Kier molecular flexibility index (Phi) is 12.5. The number of primary amides is 1. The van der Waals surface area contributed by atoms with E-state index >= 15 is 0 Å². The molecule has 0 bridgehead atoms. The van der Waals surface area contributed by atoms with Gasteiger partial charge in [-0.2, -0.15) is 0 Å². The van der Waals surface area contributed by atoms with Gasteiger partial charge in [-0.1, -0.05) is 34.6 Å². The normalized spacial score (nSPS) is 21.3. The fourth-order valence-corrected chi connectivity index (χ4v) is 3.16. The van der Waals surface area contributed by atoms with Gasteiger partial charge in [0, 0.05) is 6.54 Å². The molecule has 0 aromatic heterocycles. The van der Waals surface area contributed by atoms with Crippen molar-refractivity contribution in [3.8, 4) is 0 Å². The quantitative estimate of drug-likeness (QED) is 0.868. The van der Waals surface area contributed by atoms with E-state index < -0.39 is 0 Å². The summed E-state index contributed by atoms with van der Waals surface area (Å²) >= 11 is 0. The molecule has 2 saturated heterocycles. The Labute approximate surface area is 138 Å². The molecule has 0 aliphatic carbocycles. The summed E-state index contributed by atoms with van der Waals surface area (Å²) in [6.45, 7) is 16.7. The molecule has 2 aliphatic heterocycles. The van der Waals surface area contributed by atoms with E-state index in [9.17, 15) is 4.79 Å². The molecule has 0 atom stereocenters. The van der Waals surface area contributed by atoms with Crippen LogP contribution in [0.3, 0.4) is 0 Å². The summed E-state index contributed by atoms with van der Waals surface area (Å²) < 4.78 is 0. The number of hydrogen-bond donors (Lipinski definition) is 1. The molecule has 4 heteroatoms. The summed E-state index contributed by atoms with van der Waals surface area (Å²) in [5.74, 6) is 1.54. The third kappa shape index (κ3) is 8.74. The lowest BCUT2D eigenvalue weighted by molar-refractivity contribution is -0.119. The minimum Gasteiger partial charge on any atom is -0.369 e. The van der Waals surface area contributed by atoms with E-state index in [-0.39, 0.29) is 5.91 Å². The summed E-state index contributed by atoms with van der Waals surface area (Å²) in [4.78, 5) is 15.7. The third-order valence-corrected chi connectivity index (χ3v) is 4.48. The number of likely N-dealkylation sites (tertiary alicyclic amines) is 2. The molecule has 1 amide bonds. The number of rotatable bonds is 4. The van der Waals surface area contributed by atoms with Crippen molar-refractivity contribution in [1.82, 2.24) is 9.80 Å². The van der Waals surface area contributed by atoms with Gasteiger partial charge in [0.05, 0.1) is 6.54 Å². The molecule has 0 spiro atoms. The zero-order valence-corrected chi connectivity index (χ0v) is 15.6. The first-order chi connectivity index (χ1) is 10.6. The average Bonchev–Trinajstić information content (AvgIpc) is 2.55. The summed E-state index contributed by atoms with van der Waals surface area (Å²) in [7, 11) is 0. The van der Waals surface area contributed by atoms with Crippen LogP contribution in [0.15, 0.2) is 0 Å². The molecule has 2 fully saturated rings. The molecule has 2 aliphatic rings. The minimum atomic E-state index is -0.196. The van der Waals surface area contributed by atoms with E-state index in [1.807, 2.05) is 27.7 Å². The predicted octanol–water partition coefficient (Wildman–Crippen LogP) is 2.97. The van der Waals surface area contributed by atoms with Gasteiger partial charge in [0.1, 0.15) is 0 Å². The molecule has 0 saturated carbocycles. The van der Waals surface area contributed by atoms with E-state index in [2.05, 4.69) is 16.7 Å². The average molecular weight is 314 g/mol. The summed E-state index contributed by atoms with van der Waals surface area (Å²) in [6, 6.07) is 0. The van der Waals surface area contributed by atoms with Crippen LogP contribution >= 0.6 is 0 Å². The molecule has 132 valence electrons. The highest BCUT2D eigenvalue weighted by atomic mass is 16.1. The summed E-state index contributed by atoms with van der Waals surface area (Å²) in [5, 5.41) is 0. The van der Waals surface area contributed by atoms with Crippen molar-refractivity contribution in [1.29, 1.82) is 0 Å². The zero-order chi connectivity index (χ0) is 17.0. The molecular weight excluding hydrogens is 274 g/mol. The van der Waals surface area contributed by atoms with E-state index in [4.69, 9.17) is 5.73 Å². The fourth-order valence-electron chi connectivity index (χ4n) is 3.16. The fraction of sp³-hybridized carbons (Fsp3) is 0.944. The smallest absolute Gasteiger partial charge is 0.231 e. The Morgan fingerprint density at radius 2 is 1.36 bits per heavy atom. The van der Waals surface area contributed by atoms with Gasteiger partial charge in [0.15, 0.2) is 0 Å². The number of nitrogens with two attached hydrogens (primary N) is 1. The molecule has 22 heavy (non-hydrogen) atoms. The number of nitrogens with zero attached hydrogens (tertiary/aromatic N) is 2. The molecule has 2 rings (SSSR count). The van der Waals surface area contributed by atoms with Crippen molar-refractivity contribution in [3.05, 3.63) is 0 Å². The van der Waals surface area contributed by atoms with Crippen LogP contribution < -0.4 is 5.73 Å². The standard InChI is InChI=1S/C14H27N3O.2C2H6/c1-12-2-6-16(7-3-12)10-13-4-8-17(9-5-13)11-14(15)18;2*1-2/h12-13H,2-11H2,1H3,(H2,15,18);2*1-2H3.